The molecule has 0 radical (unpaired) electrons. The van der Waals surface area contributed by atoms with E-state index in [2.05, 4.69) is 26.0 Å². The second-order valence-electron chi connectivity index (χ2n) is 6.53. The van der Waals surface area contributed by atoms with Crippen LogP contribution in [-0.4, -0.2) is 0 Å². The minimum Gasteiger partial charge on any atom is -0.0885 e. The lowest BCUT2D eigenvalue weighted by Crippen LogP contribution is -2.24. The van der Waals surface area contributed by atoms with Crippen molar-refractivity contribution in [2.75, 3.05) is 0 Å². The third-order valence-corrected chi connectivity index (χ3v) is 5.19. The summed E-state index contributed by atoms with van der Waals surface area (Å²) in [6.45, 7) is 4.67. The molecule has 0 aromatic rings. The summed E-state index contributed by atoms with van der Waals surface area (Å²) in [5.74, 6) is 4.08. The predicted octanol–water partition coefficient (Wildman–Crippen LogP) is 5.59. The Hall–Kier alpha value is -0.260. The van der Waals surface area contributed by atoms with Crippen molar-refractivity contribution in [2.45, 2.75) is 71.6 Å². The lowest BCUT2D eigenvalue weighted by molar-refractivity contribution is 0.160. The van der Waals surface area contributed by atoms with Gasteiger partial charge in [0.1, 0.15) is 0 Å². The molecule has 2 rings (SSSR count). The summed E-state index contributed by atoms with van der Waals surface area (Å²) in [6.07, 6.45) is 18.1. The molecule has 0 bridgehead atoms. The van der Waals surface area contributed by atoms with E-state index in [1.807, 2.05) is 0 Å². The van der Waals surface area contributed by atoms with Crippen LogP contribution in [0, 0.1) is 23.7 Å². The SMILES string of the molecule is CCC=CC1CCC(C2CCC(C)CC2)CC1. The Morgan fingerprint density at radius 1 is 0.824 bits per heavy atom. The fraction of sp³-hybridized carbons (Fsp3) is 0.882. The zero-order chi connectivity index (χ0) is 12.1. The van der Waals surface area contributed by atoms with Crippen LogP contribution in [-0.2, 0) is 0 Å². The van der Waals surface area contributed by atoms with E-state index >= 15 is 0 Å². The lowest BCUT2D eigenvalue weighted by Gasteiger charge is -2.36. The lowest BCUT2D eigenvalue weighted by atomic mass is 9.69. The predicted molar refractivity (Wildman–Crippen MR) is 76.0 cm³/mol. The summed E-state index contributed by atoms with van der Waals surface area (Å²) >= 11 is 0. The molecule has 0 atom stereocenters. The van der Waals surface area contributed by atoms with E-state index in [-0.39, 0.29) is 0 Å². The molecule has 2 aliphatic rings. The molecule has 17 heavy (non-hydrogen) atoms. The first kappa shape index (κ1) is 13.2. The molecular formula is C17H30. The van der Waals surface area contributed by atoms with Crippen molar-refractivity contribution in [1.82, 2.24) is 0 Å². The van der Waals surface area contributed by atoms with Gasteiger partial charge in [-0.2, -0.15) is 0 Å². The number of rotatable bonds is 3. The van der Waals surface area contributed by atoms with Gasteiger partial charge in [0.15, 0.2) is 0 Å². The van der Waals surface area contributed by atoms with Gasteiger partial charge in [-0.3, -0.25) is 0 Å². The maximum atomic E-state index is 2.49. The van der Waals surface area contributed by atoms with E-state index in [1.54, 1.807) is 0 Å². The van der Waals surface area contributed by atoms with Gasteiger partial charge < -0.3 is 0 Å². The summed E-state index contributed by atoms with van der Waals surface area (Å²) in [5.41, 5.74) is 0. The van der Waals surface area contributed by atoms with Crippen LogP contribution in [0.25, 0.3) is 0 Å². The van der Waals surface area contributed by atoms with Gasteiger partial charge in [-0.1, -0.05) is 38.8 Å². The zero-order valence-electron chi connectivity index (χ0n) is 11.8. The minimum atomic E-state index is 0.911. The molecule has 2 saturated carbocycles. The molecule has 2 fully saturated rings. The fourth-order valence-electron chi connectivity index (χ4n) is 3.89. The standard InChI is InChI=1S/C17H30/c1-3-4-5-15-8-12-17(13-9-15)16-10-6-14(2)7-11-16/h4-5,14-17H,3,6-13H2,1-2H3. The third kappa shape index (κ3) is 3.86. The molecule has 0 unspecified atom stereocenters. The summed E-state index contributed by atoms with van der Waals surface area (Å²) < 4.78 is 0. The monoisotopic (exact) mass is 234 g/mol. The van der Waals surface area contributed by atoms with Crippen molar-refractivity contribution in [3.8, 4) is 0 Å². The molecular weight excluding hydrogens is 204 g/mol. The van der Waals surface area contributed by atoms with Gasteiger partial charge in [0, 0.05) is 0 Å². The van der Waals surface area contributed by atoms with Crippen LogP contribution in [0.1, 0.15) is 71.6 Å². The first-order valence-corrected chi connectivity index (χ1v) is 7.96. The normalized spacial score (nSPS) is 39.6. The molecule has 98 valence electrons. The summed E-state index contributed by atoms with van der Waals surface area (Å²) in [4.78, 5) is 0. The van der Waals surface area contributed by atoms with Gasteiger partial charge in [0.2, 0.25) is 0 Å². The second kappa shape index (κ2) is 6.61. The van der Waals surface area contributed by atoms with Crippen molar-refractivity contribution < 1.29 is 0 Å². The molecule has 0 saturated heterocycles. The Morgan fingerprint density at radius 2 is 1.35 bits per heavy atom. The van der Waals surface area contributed by atoms with Crippen molar-refractivity contribution >= 4 is 0 Å². The van der Waals surface area contributed by atoms with Gasteiger partial charge in [0.05, 0.1) is 0 Å². The van der Waals surface area contributed by atoms with Crippen molar-refractivity contribution in [1.29, 1.82) is 0 Å². The van der Waals surface area contributed by atoms with E-state index in [1.165, 1.54) is 57.8 Å². The Bertz CT molecular complexity index is 224. The average molecular weight is 234 g/mol. The van der Waals surface area contributed by atoms with E-state index in [4.69, 9.17) is 0 Å². The third-order valence-electron chi connectivity index (χ3n) is 5.19. The van der Waals surface area contributed by atoms with E-state index < -0.39 is 0 Å². The average Bonchev–Trinajstić information content (AvgIpc) is 2.38. The number of hydrogen-bond donors (Lipinski definition) is 0. The van der Waals surface area contributed by atoms with Gasteiger partial charge in [-0.15, -0.1) is 0 Å². The topological polar surface area (TPSA) is 0 Å². The van der Waals surface area contributed by atoms with Gasteiger partial charge >= 0.3 is 0 Å². The highest BCUT2D eigenvalue weighted by molar-refractivity contribution is 4.91. The Labute approximate surface area is 108 Å². The van der Waals surface area contributed by atoms with Crippen LogP contribution in [0.2, 0.25) is 0 Å². The molecule has 0 aromatic heterocycles. The van der Waals surface area contributed by atoms with Crippen LogP contribution >= 0.6 is 0 Å². The van der Waals surface area contributed by atoms with Crippen LogP contribution < -0.4 is 0 Å². The zero-order valence-corrected chi connectivity index (χ0v) is 11.8. The number of hydrogen-bond acceptors (Lipinski definition) is 0. The van der Waals surface area contributed by atoms with Crippen molar-refractivity contribution in [2.24, 2.45) is 23.7 Å². The van der Waals surface area contributed by atoms with Crippen molar-refractivity contribution in [3.63, 3.8) is 0 Å². The van der Waals surface area contributed by atoms with Gasteiger partial charge in [-0.05, 0) is 68.6 Å². The molecule has 0 heteroatoms. The highest BCUT2D eigenvalue weighted by Gasteiger charge is 2.29. The number of allylic oxidation sites excluding steroid dienone is 2. The summed E-state index contributed by atoms with van der Waals surface area (Å²) in [7, 11) is 0. The van der Waals surface area contributed by atoms with Gasteiger partial charge in [-0.25, -0.2) is 0 Å². The molecule has 0 heterocycles. The van der Waals surface area contributed by atoms with E-state index in [9.17, 15) is 0 Å². The van der Waals surface area contributed by atoms with Crippen LogP contribution in [0.3, 0.4) is 0 Å². The molecule has 0 nitrogen and oxygen atoms in total. The van der Waals surface area contributed by atoms with Crippen LogP contribution in [0.15, 0.2) is 12.2 Å². The molecule has 0 aromatic carbocycles. The molecule has 0 N–H and O–H groups in total. The highest BCUT2D eigenvalue weighted by atomic mass is 14.3. The smallest absolute Gasteiger partial charge is 0.0233 e. The van der Waals surface area contributed by atoms with Crippen molar-refractivity contribution in [3.05, 3.63) is 12.2 Å². The molecule has 2 aliphatic carbocycles. The summed E-state index contributed by atoms with van der Waals surface area (Å²) in [5, 5.41) is 0. The summed E-state index contributed by atoms with van der Waals surface area (Å²) in [6, 6.07) is 0. The van der Waals surface area contributed by atoms with E-state index in [0.717, 1.165) is 23.7 Å². The van der Waals surface area contributed by atoms with Gasteiger partial charge in [0.25, 0.3) is 0 Å². The first-order chi connectivity index (χ1) is 8.29. The van der Waals surface area contributed by atoms with Crippen LogP contribution in [0.5, 0.6) is 0 Å². The fourth-order valence-corrected chi connectivity index (χ4v) is 3.89. The minimum absolute atomic E-state index is 0.911. The van der Waals surface area contributed by atoms with Crippen LogP contribution in [0.4, 0.5) is 0 Å². The largest absolute Gasteiger partial charge is 0.0885 e. The molecule has 0 spiro atoms. The quantitative estimate of drug-likeness (QED) is 0.559. The second-order valence-corrected chi connectivity index (χ2v) is 6.53. The Morgan fingerprint density at radius 3 is 1.88 bits per heavy atom. The Kier molecular flexibility index (Phi) is 5.13. The first-order valence-electron chi connectivity index (χ1n) is 7.96. The molecule has 0 aliphatic heterocycles. The van der Waals surface area contributed by atoms with E-state index in [0.29, 0.717) is 0 Å². The Balaban J connectivity index is 1.73. The highest BCUT2D eigenvalue weighted by Crippen LogP contribution is 2.41. The maximum Gasteiger partial charge on any atom is -0.0233 e. The maximum absolute atomic E-state index is 2.49. The molecule has 0 amide bonds.